The highest BCUT2D eigenvalue weighted by molar-refractivity contribution is 5.98. The van der Waals surface area contributed by atoms with Crippen LogP contribution in [0.25, 0.3) is 55.7 Å². The minimum atomic E-state index is 0.607. The quantitative estimate of drug-likeness (QED) is 0.330. The molecule has 0 unspecified atom stereocenters. The first kappa shape index (κ1) is 21.1. The van der Waals surface area contributed by atoms with Crippen LogP contribution in [0.15, 0.2) is 77.9 Å². The van der Waals surface area contributed by atoms with Gasteiger partial charge in [0.1, 0.15) is 18.1 Å². The number of ether oxygens (including phenoxy) is 1. The molecule has 35 heavy (non-hydrogen) atoms. The Kier molecular flexibility index (Phi) is 5.27. The molecular weight excluding hydrogens is 440 g/mol. The number of fused-ring (bicyclic) bond motifs is 2. The molecule has 0 amide bonds. The number of para-hydroxylation sites is 1. The van der Waals surface area contributed by atoms with Crippen LogP contribution in [0, 0.1) is 0 Å². The zero-order valence-corrected chi connectivity index (χ0v) is 19.4. The van der Waals surface area contributed by atoms with Gasteiger partial charge in [0.25, 0.3) is 0 Å². The minimum absolute atomic E-state index is 0.607. The third-order valence-electron chi connectivity index (χ3n) is 5.99. The highest BCUT2D eigenvalue weighted by Gasteiger charge is 2.16. The summed E-state index contributed by atoms with van der Waals surface area (Å²) < 4.78 is 11.2. The summed E-state index contributed by atoms with van der Waals surface area (Å²) >= 11 is 0. The first-order chi connectivity index (χ1) is 17.2. The number of furan rings is 1. The third-order valence-corrected chi connectivity index (χ3v) is 5.99. The van der Waals surface area contributed by atoms with Crippen LogP contribution in [0.3, 0.4) is 0 Å². The Balaban J connectivity index is 1.38. The molecule has 8 nitrogen and oxygen atoms in total. The number of pyridine rings is 1. The molecular formula is C27H24N6O2. The van der Waals surface area contributed by atoms with Gasteiger partial charge in [0.15, 0.2) is 5.82 Å². The van der Waals surface area contributed by atoms with Crippen molar-refractivity contribution in [3.63, 3.8) is 0 Å². The summed E-state index contributed by atoms with van der Waals surface area (Å²) in [5, 5.41) is 8.69. The summed E-state index contributed by atoms with van der Waals surface area (Å²) in [6.45, 7) is 1.45. The van der Waals surface area contributed by atoms with Crippen LogP contribution in [0.1, 0.15) is 0 Å². The molecule has 0 aliphatic heterocycles. The normalized spacial score (nSPS) is 11.6. The number of hydrogen-bond donors (Lipinski definition) is 2. The molecule has 0 saturated carbocycles. The SMILES string of the molecule is CN(C)CCOc1cncc(-c2ccc3[nH]nc(-c4nc5c(-c6ccoc6)cccc5[nH]4)c3c2)c1. The minimum Gasteiger partial charge on any atom is -0.491 e. The molecule has 2 aromatic carbocycles. The van der Waals surface area contributed by atoms with E-state index in [1.165, 1.54) is 0 Å². The van der Waals surface area contributed by atoms with E-state index in [9.17, 15) is 0 Å². The van der Waals surface area contributed by atoms with Crippen molar-refractivity contribution in [2.24, 2.45) is 0 Å². The van der Waals surface area contributed by atoms with Crippen LogP contribution in [-0.4, -0.2) is 57.3 Å². The number of imidazole rings is 1. The lowest BCUT2D eigenvalue weighted by Crippen LogP contribution is -2.19. The van der Waals surface area contributed by atoms with E-state index in [0.29, 0.717) is 12.4 Å². The summed E-state index contributed by atoms with van der Waals surface area (Å²) in [4.78, 5) is 14.8. The van der Waals surface area contributed by atoms with Gasteiger partial charge in [-0.15, -0.1) is 0 Å². The van der Waals surface area contributed by atoms with E-state index >= 15 is 0 Å². The second kappa shape index (κ2) is 8.73. The predicted octanol–water partition coefficient (Wildman–Crippen LogP) is 5.37. The van der Waals surface area contributed by atoms with E-state index in [1.807, 2.05) is 56.7 Å². The van der Waals surface area contributed by atoms with Crippen LogP contribution >= 0.6 is 0 Å². The van der Waals surface area contributed by atoms with E-state index in [-0.39, 0.29) is 0 Å². The highest BCUT2D eigenvalue weighted by atomic mass is 16.5. The predicted molar refractivity (Wildman–Crippen MR) is 136 cm³/mol. The van der Waals surface area contributed by atoms with Crippen molar-refractivity contribution < 1.29 is 9.15 Å². The molecule has 0 atom stereocenters. The standard InChI is InChI=1S/C27H24N6O2/c1-33(2)9-11-35-20-12-19(14-28-15-20)17-6-7-23-22(13-17)26(32-31-23)27-29-24-5-3-4-21(25(24)30-27)18-8-10-34-16-18/h3-8,10,12-16H,9,11H2,1-2H3,(H,29,30)(H,31,32). The molecule has 0 radical (unpaired) electrons. The molecule has 6 aromatic rings. The molecule has 8 heteroatoms. The average molecular weight is 465 g/mol. The maximum atomic E-state index is 5.88. The zero-order valence-electron chi connectivity index (χ0n) is 19.4. The lowest BCUT2D eigenvalue weighted by Gasteiger charge is -2.11. The molecule has 0 bridgehead atoms. The Bertz CT molecular complexity index is 1610. The van der Waals surface area contributed by atoms with E-state index < -0.39 is 0 Å². The largest absolute Gasteiger partial charge is 0.491 e. The lowest BCUT2D eigenvalue weighted by atomic mass is 10.0. The number of aromatic nitrogens is 5. The third kappa shape index (κ3) is 4.04. The fourth-order valence-electron chi connectivity index (χ4n) is 4.17. The van der Waals surface area contributed by atoms with Gasteiger partial charge in [-0.1, -0.05) is 18.2 Å². The van der Waals surface area contributed by atoms with Gasteiger partial charge in [-0.3, -0.25) is 10.1 Å². The monoisotopic (exact) mass is 464 g/mol. The topological polar surface area (TPSA) is 95.9 Å². The maximum absolute atomic E-state index is 5.88. The molecule has 4 heterocycles. The van der Waals surface area contributed by atoms with Crippen molar-refractivity contribution in [1.82, 2.24) is 30.0 Å². The summed E-state index contributed by atoms with van der Waals surface area (Å²) in [5.74, 6) is 1.46. The number of aromatic amines is 2. The summed E-state index contributed by atoms with van der Waals surface area (Å²) in [5.41, 5.74) is 7.53. The molecule has 6 rings (SSSR count). The van der Waals surface area contributed by atoms with Crippen molar-refractivity contribution in [3.05, 3.63) is 73.5 Å². The van der Waals surface area contributed by atoms with E-state index in [2.05, 4.69) is 37.2 Å². The number of likely N-dealkylation sites (N-methyl/N-ethyl adjacent to an activating group) is 1. The first-order valence-electron chi connectivity index (χ1n) is 11.4. The number of H-pyrrole nitrogens is 2. The van der Waals surface area contributed by atoms with Crippen LogP contribution in [0.5, 0.6) is 5.75 Å². The Labute approximate surface area is 201 Å². The molecule has 0 saturated heterocycles. The summed E-state index contributed by atoms with van der Waals surface area (Å²) in [6, 6.07) is 16.2. The van der Waals surface area contributed by atoms with Gasteiger partial charge in [-0.25, -0.2) is 4.98 Å². The molecule has 0 aliphatic rings. The van der Waals surface area contributed by atoms with Crippen molar-refractivity contribution >= 4 is 21.9 Å². The molecule has 0 spiro atoms. The highest BCUT2D eigenvalue weighted by Crippen LogP contribution is 2.33. The van der Waals surface area contributed by atoms with Crippen molar-refractivity contribution in [2.75, 3.05) is 27.2 Å². The fourth-order valence-corrected chi connectivity index (χ4v) is 4.17. The van der Waals surface area contributed by atoms with Crippen molar-refractivity contribution in [2.45, 2.75) is 0 Å². The molecule has 0 aliphatic carbocycles. The van der Waals surface area contributed by atoms with Gasteiger partial charge in [0, 0.05) is 34.8 Å². The van der Waals surface area contributed by atoms with E-state index in [1.54, 1.807) is 18.7 Å². The zero-order chi connectivity index (χ0) is 23.8. The molecule has 0 fully saturated rings. The fraction of sp³-hybridized carbons (Fsp3) is 0.148. The van der Waals surface area contributed by atoms with Gasteiger partial charge in [0.2, 0.25) is 0 Å². The summed E-state index contributed by atoms with van der Waals surface area (Å²) in [6.07, 6.45) is 6.98. The summed E-state index contributed by atoms with van der Waals surface area (Å²) in [7, 11) is 4.05. The Morgan fingerprint density at radius 2 is 1.91 bits per heavy atom. The maximum Gasteiger partial charge on any atom is 0.159 e. The average Bonchev–Trinajstić information content (AvgIpc) is 3.62. The van der Waals surface area contributed by atoms with Crippen LogP contribution in [0.4, 0.5) is 0 Å². The first-order valence-corrected chi connectivity index (χ1v) is 11.4. The second-order valence-corrected chi connectivity index (χ2v) is 8.69. The number of rotatable bonds is 7. The number of nitrogens with zero attached hydrogens (tertiary/aromatic N) is 4. The number of benzene rings is 2. The van der Waals surface area contributed by atoms with Gasteiger partial charge in [0.05, 0.1) is 35.3 Å². The van der Waals surface area contributed by atoms with Gasteiger partial charge >= 0.3 is 0 Å². The number of hydrogen-bond acceptors (Lipinski definition) is 6. The number of nitrogens with one attached hydrogen (secondary N) is 2. The molecule has 174 valence electrons. The van der Waals surface area contributed by atoms with E-state index in [0.717, 1.165) is 62.2 Å². The molecule has 2 N–H and O–H groups in total. The van der Waals surface area contributed by atoms with Gasteiger partial charge < -0.3 is 19.0 Å². The van der Waals surface area contributed by atoms with Gasteiger partial charge in [-0.05, 0) is 50.0 Å². The Hall–Kier alpha value is -4.43. The second-order valence-electron chi connectivity index (χ2n) is 8.69. The van der Waals surface area contributed by atoms with E-state index in [4.69, 9.17) is 14.1 Å². The Morgan fingerprint density at radius 1 is 0.971 bits per heavy atom. The molecule has 4 aromatic heterocycles. The van der Waals surface area contributed by atoms with Crippen LogP contribution in [0.2, 0.25) is 0 Å². The van der Waals surface area contributed by atoms with Crippen molar-refractivity contribution in [3.8, 4) is 39.5 Å². The van der Waals surface area contributed by atoms with Crippen LogP contribution < -0.4 is 4.74 Å². The van der Waals surface area contributed by atoms with Gasteiger partial charge in [-0.2, -0.15) is 5.10 Å². The smallest absolute Gasteiger partial charge is 0.159 e. The van der Waals surface area contributed by atoms with Crippen LogP contribution in [-0.2, 0) is 0 Å². The van der Waals surface area contributed by atoms with Crippen molar-refractivity contribution in [1.29, 1.82) is 0 Å². The Morgan fingerprint density at radius 3 is 2.77 bits per heavy atom. The lowest BCUT2D eigenvalue weighted by molar-refractivity contribution is 0.261.